The van der Waals surface area contributed by atoms with Gasteiger partial charge < -0.3 is 15.5 Å². The number of likely N-dealkylation sites (N-methyl/N-ethyl adjacent to an activating group) is 1. The topological polar surface area (TPSA) is 64.7 Å². The lowest BCUT2D eigenvalue weighted by atomic mass is 9.95. The second-order valence-corrected chi connectivity index (χ2v) is 8.59. The van der Waals surface area contributed by atoms with Gasteiger partial charge in [0.1, 0.15) is 6.04 Å². The van der Waals surface area contributed by atoms with Crippen LogP contribution in [0.15, 0.2) is 30.3 Å². The van der Waals surface area contributed by atoms with Gasteiger partial charge in [-0.3, -0.25) is 9.69 Å². The molecule has 1 atom stereocenters. The van der Waals surface area contributed by atoms with Crippen molar-refractivity contribution in [1.82, 2.24) is 20.4 Å². The number of likely N-dealkylation sites (tertiary alicyclic amines) is 1. The number of carbonyl (C=O) groups is 2. The standard InChI is InChI=1S/C24H38N4O2/c1-3-27(4-2)22(19-11-7-5-8-12-19)23(29)25-21-15-17-28(18-16-21)24(30)26-20-13-9-6-10-14-20/h5,7-8,11-12,20-22H,3-4,6,9-10,13-18H2,1-2H3,(H,25,29)(H,26,30). The fourth-order valence-corrected chi connectivity index (χ4v) is 4.77. The molecule has 3 amide bonds. The molecule has 0 radical (unpaired) electrons. The highest BCUT2D eigenvalue weighted by Crippen LogP contribution is 2.22. The molecule has 1 unspecified atom stereocenters. The monoisotopic (exact) mass is 414 g/mol. The van der Waals surface area contributed by atoms with Gasteiger partial charge >= 0.3 is 6.03 Å². The number of carbonyl (C=O) groups excluding carboxylic acids is 2. The Labute approximate surface area is 181 Å². The quantitative estimate of drug-likeness (QED) is 0.715. The fraction of sp³-hybridized carbons (Fsp3) is 0.667. The highest BCUT2D eigenvalue weighted by Gasteiger charge is 2.30. The predicted molar refractivity (Wildman–Crippen MR) is 120 cm³/mol. The van der Waals surface area contributed by atoms with E-state index in [1.807, 2.05) is 35.2 Å². The van der Waals surface area contributed by atoms with Gasteiger partial charge in [-0.05, 0) is 44.3 Å². The first-order valence-electron chi connectivity index (χ1n) is 11.8. The molecule has 1 saturated carbocycles. The normalized spacial score (nSPS) is 19.5. The molecule has 1 aromatic rings. The molecule has 6 heteroatoms. The maximum absolute atomic E-state index is 13.2. The molecular formula is C24H38N4O2. The Morgan fingerprint density at radius 2 is 1.53 bits per heavy atom. The fourth-order valence-electron chi connectivity index (χ4n) is 4.77. The number of nitrogens with zero attached hydrogens (tertiary/aromatic N) is 2. The molecule has 1 heterocycles. The highest BCUT2D eigenvalue weighted by molar-refractivity contribution is 5.83. The molecule has 2 aliphatic rings. The van der Waals surface area contributed by atoms with Crippen LogP contribution in [0.25, 0.3) is 0 Å². The van der Waals surface area contributed by atoms with E-state index >= 15 is 0 Å². The third-order valence-corrected chi connectivity index (χ3v) is 6.60. The SMILES string of the molecule is CCN(CC)C(C(=O)NC1CCN(C(=O)NC2CCCCC2)CC1)c1ccccc1. The summed E-state index contributed by atoms with van der Waals surface area (Å²) in [7, 11) is 0. The maximum atomic E-state index is 13.2. The number of benzene rings is 1. The van der Waals surface area contributed by atoms with Crippen molar-refractivity contribution < 1.29 is 9.59 Å². The lowest BCUT2D eigenvalue weighted by molar-refractivity contribution is -0.127. The smallest absolute Gasteiger partial charge is 0.317 e. The first-order valence-corrected chi connectivity index (χ1v) is 11.8. The van der Waals surface area contributed by atoms with Gasteiger partial charge in [0, 0.05) is 25.2 Å². The van der Waals surface area contributed by atoms with Crippen LogP contribution >= 0.6 is 0 Å². The van der Waals surface area contributed by atoms with Crippen LogP contribution in [0.4, 0.5) is 4.79 Å². The zero-order valence-electron chi connectivity index (χ0n) is 18.6. The molecule has 0 spiro atoms. The van der Waals surface area contributed by atoms with Crippen LogP contribution in [0.3, 0.4) is 0 Å². The Morgan fingerprint density at radius 3 is 2.13 bits per heavy atom. The molecule has 2 fully saturated rings. The van der Waals surface area contributed by atoms with E-state index in [-0.39, 0.29) is 24.0 Å². The molecule has 1 aliphatic heterocycles. The molecule has 2 N–H and O–H groups in total. The van der Waals surface area contributed by atoms with E-state index in [9.17, 15) is 9.59 Å². The minimum absolute atomic E-state index is 0.0648. The minimum Gasteiger partial charge on any atom is -0.352 e. The van der Waals surface area contributed by atoms with E-state index in [0.717, 1.165) is 44.3 Å². The second-order valence-electron chi connectivity index (χ2n) is 8.59. The number of amides is 3. The zero-order chi connectivity index (χ0) is 21.3. The molecule has 0 bridgehead atoms. The number of hydrogen-bond donors (Lipinski definition) is 2. The third-order valence-electron chi connectivity index (χ3n) is 6.60. The number of nitrogens with one attached hydrogen (secondary N) is 2. The summed E-state index contributed by atoms with van der Waals surface area (Å²) in [5.74, 6) is 0.0648. The third kappa shape index (κ3) is 5.97. The number of piperidine rings is 1. The first-order chi connectivity index (χ1) is 14.6. The summed E-state index contributed by atoms with van der Waals surface area (Å²) in [6.45, 7) is 7.23. The van der Waals surface area contributed by atoms with Gasteiger partial charge in [0.2, 0.25) is 5.91 Å². The molecule has 1 aromatic carbocycles. The van der Waals surface area contributed by atoms with Crippen molar-refractivity contribution in [2.45, 2.75) is 76.9 Å². The molecule has 6 nitrogen and oxygen atoms in total. The largest absolute Gasteiger partial charge is 0.352 e. The maximum Gasteiger partial charge on any atom is 0.317 e. The van der Waals surface area contributed by atoms with Crippen molar-refractivity contribution in [3.05, 3.63) is 35.9 Å². The van der Waals surface area contributed by atoms with Crippen LogP contribution in [0.5, 0.6) is 0 Å². The Hall–Kier alpha value is -2.08. The molecular weight excluding hydrogens is 376 g/mol. The Kier molecular flexibility index (Phi) is 8.55. The van der Waals surface area contributed by atoms with Crippen LogP contribution in [0.1, 0.15) is 70.4 Å². The average molecular weight is 415 g/mol. The van der Waals surface area contributed by atoms with Crippen LogP contribution in [0, 0.1) is 0 Å². The molecule has 30 heavy (non-hydrogen) atoms. The first kappa shape index (κ1) is 22.6. The van der Waals surface area contributed by atoms with Crippen molar-refractivity contribution in [2.75, 3.05) is 26.2 Å². The molecule has 1 aliphatic carbocycles. The molecule has 166 valence electrons. The second kappa shape index (κ2) is 11.3. The van der Waals surface area contributed by atoms with Gasteiger partial charge in [-0.1, -0.05) is 63.4 Å². The van der Waals surface area contributed by atoms with Crippen molar-refractivity contribution in [2.24, 2.45) is 0 Å². The van der Waals surface area contributed by atoms with Crippen LogP contribution in [-0.2, 0) is 4.79 Å². The van der Waals surface area contributed by atoms with Gasteiger partial charge in [0.05, 0.1) is 0 Å². The summed E-state index contributed by atoms with van der Waals surface area (Å²) >= 11 is 0. The van der Waals surface area contributed by atoms with Crippen LogP contribution in [-0.4, -0.2) is 60.0 Å². The summed E-state index contributed by atoms with van der Waals surface area (Å²) in [5.41, 5.74) is 1.03. The number of rotatable bonds is 7. The predicted octanol–water partition coefficient (Wildman–Crippen LogP) is 3.69. The lowest BCUT2D eigenvalue weighted by Gasteiger charge is -2.36. The van der Waals surface area contributed by atoms with Gasteiger partial charge in [-0.2, -0.15) is 0 Å². The average Bonchev–Trinajstić information content (AvgIpc) is 2.79. The minimum atomic E-state index is -0.270. The summed E-state index contributed by atoms with van der Waals surface area (Å²) in [5, 5.41) is 6.48. The molecule has 3 rings (SSSR count). The van der Waals surface area contributed by atoms with E-state index in [2.05, 4.69) is 29.4 Å². The van der Waals surface area contributed by atoms with Crippen molar-refractivity contribution in [3.8, 4) is 0 Å². The summed E-state index contributed by atoms with van der Waals surface area (Å²) in [4.78, 5) is 29.9. The number of urea groups is 1. The van der Waals surface area contributed by atoms with Crippen LogP contribution < -0.4 is 10.6 Å². The summed E-state index contributed by atoms with van der Waals surface area (Å²) in [6.07, 6.45) is 7.54. The van der Waals surface area contributed by atoms with E-state index in [1.165, 1.54) is 19.3 Å². The van der Waals surface area contributed by atoms with Crippen molar-refractivity contribution >= 4 is 11.9 Å². The van der Waals surface area contributed by atoms with E-state index in [4.69, 9.17) is 0 Å². The van der Waals surface area contributed by atoms with Gasteiger partial charge in [-0.15, -0.1) is 0 Å². The van der Waals surface area contributed by atoms with Crippen molar-refractivity contribution in [1.29, 1.82) is 0 Å². The Bertz CT molecular complexity index is 663. The van der Waals surface area contributed by atoms with E-state index < -0.39 is 0 Å². The Balaban J connectivity index is 1.52. The van der Waals surface area contributed by atoms with Crippen LogP contribution in [0.2, 0.25) is 0 Å². The lowest BCUT2D eigenvalue weighted by Crippen LogP contribution is -2.52. The van der Waals surface area contributed by atoms with Gasteiger partial charge in [0.25, 0.3) is 0 Å². The summed E-state index contributed by atoms with van der Waals surface area (Å²) < 4.78 is 0. The zero-order valence-corrected chi connectivity index (χ0v) is 18.6. The van der Waals surface area contributed by atoms with Gasteiger partial charge in [0.15, 0.2) is 0 Å². The highest BCUT2D eigenvalue weighted by atomic mass is 16.2. The van der Waals surface area contributed by atoms with Crippen molar-refractivity contribution in [3.63, 3.8) is 0 Å². The Morgan fingerprint density at radius 1 is 0.933 bits per heavy atom. The van der Waals surface area contributed by atoms with E-state index in [1.54, 1.807) is 0 Å². The summed E-state index contributed by atoms with van der Waals surface area (Å²) in [6, 6.07) is 10.3. The van der Waals surface area contributed by atoms with E-state index in [0.29, 0.717) is 19.1 Å². The molecule has 0 aromatic heterocycles. The van der Waals surface area contributed by atoms with Gasteiger partial charge in [-0.25, -0.2) is 4.79 Å². The number of hydrogen-bond acceptors (Lipinski definition) is 3. The molecule has 1 saturated heterocycles.